The van der Waals surface area contributed by atoms with E-state index in [9.17, 15) is 4.39 Å². The molecule has 0 aliphatic rings. The zero-order valence-electron chi connectivity index (χ0n) is 11.9. The molecule has 0 saturated carbocycles. The van der Waals surface area contributed by atoms with Crippen LogP contribution >= 0.6 is 0 Å². The van der Waals surface area contributed by atoms with E-state index in [0.717, 1.165) is 28.8 Å². The first-order chi connectivity index (χ1) is 9.06. The number of aryl methyl sites for hydroxylation is 3. The minimum atomic E-state index is -0.196. The molecule has 0 radical (unpaired) electrons. The molecule has 0 bridgehead atoms. The zero-order valence-corrected chi connectivity index (χ0v) is 11.9. The normalized spacial score (nSPS) is 12.7. The van der Waals surface area contributed by atoms with Gasteiger partial charge in [0.15, 0.2) is 0 Å². The van der Waals surface area contributed by atoms with Crippen LogP contribution in [0.15, 0.2) is 24.4 Å². The van der Waals surface area contributed by atoms with Gasteiger partial charge in [-0.05, 0) is 43.7 Å². The van der Waals surface area contributed by atoms with Gasteiger partial charge in [-0.2, -0.15) is 5.10 Å². The summed E-state index contributed by atoms with van der Waals surface area (Å²) in [6.07, 6.45) is 2.91. The third-order valence-electron chi connectivity index (χ3n) is 3.42. The molecule has 1 N–H and O–H groups in total. The highest BCUT2D eigenvalue weighted by Crippen LogP contribution is 2.27. The van der Waals surface area contributed by atoms with E-state index in [4.69, 9.17) is 0 Å². The van der Waals surface area contributed by atoms with Crippen LogP contribution in [0.5, 0.6) is 0 Å². The van der Waals surface area contributed by atoms with E-state index in [1.807, 2.05) is 38.0 Å². The van der Waals surface area contributed by atoms with Crippen LogP contribution < -0.4 is 5.32 Å². The van der Waals surface area contributed by atoms with Crippen LogP contribution in [0.25, 0.3) is 0 Å². The lowest BCUT2D eigenvalue weighted by atomic mass is 9.95. The first-order valence-corrected chi connectivity index (χ1v) is 6.52. The average molecular weight is 261 g/mol. The molecular formula is C15H20FN3. The molecule has 2 rings (SSSR count). The Morgan fingerprint density at radius 1 is 1.37 bits per heavy atom. The van der Waals surface area contributed by atoms with Crippen LogP contribution in [0.1, 0.15) is 35.3 Å². The lowest BCUT2D eigenvalue weighted by Crippen LogP contribution is -2.19. The topological polar surface area (TPSA) is 29.9 Å². The molecule has 3 nitrogen and oxygen atoms in total. The SMILES string of the molecule is CCc1nn(C)cc1C(NC)c1ccc(F)cc1C. The Hall–Kier alpha value is -1.68. The van der Waals surface area contributed by atoms with Crippen LogP contribution in [-0.4, -0.2) is 16.8 Å². The molecular weight excluding hydrogens is 241 g/mol. The predicted octanol–water partition coefficient (Wildman–Crippen LogP) is 2.74. The molecule has 0 fully saturated rings. The van der Waals surface area contributed by atoms with Gasteiger partial charge in [0, 0.05) is 18.8 Å². The molecule has 1 unspecified atom stereocenters. The highest BCUT2D eigenvalue weighted by molar-refractivity contribution is 5.38. The summed E-state index contributed by atoms with van der Waals surface area (Å²) >= 11 is 0. The maximum atomic E-state index is 13.2. The highest BCUT2D eigenvalue weighted by Gasteiger charge is 2.19. The first kappa shape index (κ1) is 13.7. The van der Waals surface area contributed by atoms with Crippen LogP contribution in [0.2, 0.25) is 0 Å². The smallest absolute Gasteiger partial charge is 0.123 e. The lowest BCUT2D eigenvalue weighted by Gasteiger charge is -2.19. The fourth-order valence-electron chi connectivity index (χ4n) is 2.51. The largest absolute Gasteiger partial charge is 0.309 e. The number of nitrogens with zero attached hydrogens (tertiary/aromatic N) is 2. The number of hydrogen-bond acceptors (Lipinski definition) is 2. The zero-order chi connectivity index (χ0) is 14.0. The molecule has 2 aromatic rings. The summed E-state index contributed by atoms with van der Waals surface area (Å²) in [5.74, 6) is -0.196. The van der Waals surface area contributed by atoms with Gasteiger partial charge in [0.25, 0.3) is 0 Å². The summed E-state index contributed by atoms with van der Waals surface area (Å²) < 4.78 is 15.1. The minimum Gasteiger partial charge on any atom is -0.309 e. The molecule has 1 aromatic heterocycles. The van der Waals surface area contributed by atoms with Crippen molar-refractivity contribution in [1.82, 2.24) is 15.1 Å². The van der Waals surface area contributed by atoms with E-state index in [1.54, 1.807) is 6.07 Å². The van der Waals surface area contributed by atoms with E-state index in [-0.39, 0.29) is 11.9 Å². The van der Waals surface area contributed by atoms with Gasteiger partial charge in [0.2, 0.25) is 0 Å². The van der Waals surface area contributed by atoms with Gasteiger partial charge >= 0.3 is 0 Å². The quantitative estimate of drug-likeness (QED) is 0.917. The minimum absolute atomic E-state index is 0.0456. The van der Waals surface area contributed by atoms with E-state index in [2.05, 4.69) is 17.3 Å². The van der Waals surface area contributed by atoms with Crippen molar-refractivity contribution >= 4 is 0 Å². The van der Waals surface area contributed by atoms with Crippen molar-refractivity contribution in [3.05, 3.63) is 52.6 Å². The predicted molar refractivity (Wildman–Crippen MR) is 74.6 cm³/mol. The molecule has 0 amide bonds. The highest BCUT2D eigenvalue weighted by atomic mass is 19.1. The van der Waals surface area contributed by atoms with Gasteiger partial charge in [-0.3, -0.25) is 4.68 Å². The Morgan fingerprint density at radius 2 is 2.11 bits per heavy atom. The van der Waals surface area contributed by atoms with Crippen molar-refractivity contribution < 1.29 is 4.39 Å². The van der Waals surface area contributed by atoms with Gasteiger partial charge in [0.1, 0.15) is 5.82 Å². The van der Waals surface area contributed by atoms with Gasteiger partial charge in [-0.15, -0.1) is 0 Å². The number of nitrogens with one attached hydrogen (secondary N) is 1. The summed E-state index contributed by atoms with van der Waals surface area (Å²) in [4.78, 5) is 0. The second-order valence-electron chi connectivity index (χ2n) is 4.78. The summed E-state index contributed by atoms with van der Waals surface area (Å²) in [6, 6.07) is 4.97. The summed E-state index contributed by atoms with van der Waals surface area (Å²) in [5, 5.41) is 7.78. The van der Waals surface area contributed by atoms with Crippen molar-refractivity contribution in [2.24, 2.45) is 7.05 Å². The fraction of sp³-hybridized carbons (Fsp3) is 0.400. The summed E-state index contributed by atoms with van der Waals surface area (Å²) in [6.45, 7) is 4.03. The van der Waals surface area contributed by atoms with Crippen molar-refractivity contribution in [1.29, 1.82) is 0 Å². The Morgan fingerprint density at radius 3 is 2.68 bits per heavy atom. The van der Waals surface area contributed by atoms with Crippen molar-refractivity contribution in [2.45, 2.75) is 26.3 Å². The number of hydrogen-bond donors (Lipinski definition) is 1. The second kappa shape index (κ2) is 5.53. The molecule has 1 heterocycles. The Kier molecular flexibility index (Phi) is 4.00. The van der Waals surface area contributed by atoms with Crippen molar-refractivity contribution in [3.63, 3.8) is 0 Å². The molecule has 19 heavy (non-hydrogen) atoms. The molecule has 0 saturated heterocycles. The molecule has 1 atom stereocenters. The first-order valence-electron chi connectivity index (χ1n) is 6.52. The number of benzene rings is 1. The number of rotatable bonds is 4. The van der Waals surface area contributed by atoms with Crippen molar-refractivity contribution in [3.8, 4) is 0 Å². The Labute approximate surface area is 113 Å². The van der Waals surface area contributed by atoms with Gasteiger partial charge < -0.3 is 5.32 Å². The van der Waals surface area contributed by atoms with E-state index < -0.39 is 0 Å². The Bertz CT molecular complexity index is 575. The van der Waals surface area contributed by atoms with E-state index >= 15 is 0 Å². The number of aromatic nitrogens is 2. The van der Waals surface area contributed by atoms with Crippen LogP contribution in [0.4, 0.5) is 4.39 Å². The van der Waals surface area contributed by atoms with Crippen LogP contribution in [0, 0.1) is 12.7 Å². The maximum absolute atomic E-state index is 13.2. The second-order valence-corrected chi connectivity index (χ2v) is 4.78. The van der Waals surface area contributed by atoms with E-state index in [0.29, 0.717) is 0 Å². The molecule has 4 heteroatoms. The monoisotopic (exact) mass is 261 g/mol. The average Bonchev–Trinajstić information content (AvgIpc) is 2.74. The summed E-state index contributed by atoms with van der Waals surface area (Å²) in [7, 11) is 3.84. The standard InChI is InChI=1S/C15H20FN3/c1-5-14-13(9-19(4)18-14)15(17-3)12-7-6-11(16)8-10(12)2/h6-9,15,17H,5H2,1-4H3. The van der Waals surface area contributed by atoms with E-state index in [1.165, 1.54) is 6.07 Å². The third-order valence-corrected chi connectivity index (χ3v) is 3.42. The van der Waals surface area contributed by atoms with Gasteiger partial charge in [0.05, 0.1) is 11.7 Å². The fourth-order valence-corrected chi connectivity index (χ4v) is 2.51. The maximum Gasteiger partial charge on any atom is 0.123 e. The van der Waals surface area contributed by atoms with Crippen LogP contribution in [-0.2, 0) is 13.5 Å². The van der Waals surface area contributed by atoms with Gasteiger partial charge in [-0.25, -0.2) is 4.39 Å². The van der Waals surface area contributed by atoms with Gasteiger partial charge in [-0.1, -0.05) is 13.0 Å². The molecule has 0 aliphatic carbocycles. The van der Waals surface area contributed by atoms with Crippen LogP contribution in [0.3, 0.4) is 0 Å². The summed E-state index contributed by atoms with van der Waals surface area (Å²) in [5.41, 5.74) is 4.27. The lowest BCUT2D eigenvalue weighted by molar-refractivity contribution is 0.620. The molecule has 0 spiro atoms. The third kappa shape index (κ3) is 2.68. The van der Waals surface area contributed by atoms with Crippen molar-refractivity contribution in [2.75, 3.05) is 7.05 Å². The Balaban J connectivity index is 2.49. The molecule has 1 aromatic carbocycles. The molecule has 102 valence electrons. The number of halogens is 1. The molecule has 0 aliphatic heterocycles.